The molecule has 0 aromatic heterocycles. The number of ether oxygens (including phenoxy) is 2. The SMILES string of the molecule is C=CCOc1ccc(C(=O)OCC[NH+]2CCCCC2)cc1. The zero-order chi connectivity index (χ0) is 14.9. The summed E-state index contributed by atoms with van der Waals surface area (Å²) < 4.78 is 10.7. The van der Waals surface area contributed by atoms with Crippen LogP contribution in [0.4, 0.5) is 0 Å². The average Bonchev–Trinajstić information content (AvgIpc) is 2.54. The predicted molar refractivity (Wildman–Crippen MR) is 81.8 cm³/mol. The summed E-state index contributed by atoms with van der Waals surface area (Å²) in [7, 11) is 0. The molecule has 0 aliphatic carbocycles. The van der Waals surface area contributed by atoms with Crippen molar-refractivity contribution < 1.29 is 19.2 Å². The predicted octanol–water partition coefficient (Wildman–Crippen LogP) is 1.48. The first-order chi connectivity index (χ1) is 10.3. The molecule has 0 saturated carbocycles. The molecule has 1 heterocycles. The molecular weight excluding hydrogens is 266 g/mol. The Morgan fingerprint density at radius 2 is 1.90 bits per heavy atom. The zero-order valence-electron chi connectivity index (χ0n) is 12.5. The maximum absolute atomic E-state index is 11.9. The van der Waals surface area contributed by atoms with E-state index in [0.717, 1.165) is 12.3 Å². The molecule has 1 fully saturated rings. The summed E-state index contributed by atoms with van der Waals surface area (Å²) in [4.78, 5) is 13.5. The number of hydrogen-bond acceptors (Lipinski definition) is 3. The number of benzene rings is 1. The quantitative estimate of drug-likeness (QED) is 0.611. The molecule has 1 aliphatic heterocycles. The van der Waals surface area contributed by atoms with Gasteiger partial charge in [0.25, 0.3) is 0 Å². The Labute approximate surface area is 126 Å². The number of carbonyl (C=O) groups is 1. The summed E-state index contributed by atoms with van der Waals surface area (Å²) in [6.07, 6.45) is 5.60. The lowest BCUT2D eigenvalue weighted by molar-refractivity contribution is -0.905. The van der Waals surface area contributed by atoms with E-state index in [0.29, 0.717) is 18.8 Å². The van der Waals surface area contributed by atoms with Crippen molar-refractivity contribution >= 4 is 5.97 Å². The second kappa shape index (κ2) is 8.47. The van der Waals surface area contributed by atoms with Crippen LogP contribution in [-0.4, -0.2) is 38.8 Å². The molecule has 4 nitrogen and oxygen atoms in total. The Morgan fingerprint density at radius 3 is 2.57 bits per heavy atom. The van der Waals surface area contributed by atoms with Crippen LogP contribution < -0.4 is 9.64 Å². The van der Waals surface area contributed by atoms with Gasteiger partial charge in [0.05, 0.1) is 18.7 Å². The van der Waals surface area contributed by atoms with Crippen LogP contribution in [0.2, 0.25) is 0 Å². The van der Waals surface area contributed by atoms with Crippen molar-refractivity contribution in [1.82, 2.24) is 0 Å². The molecule has 0 atom stereocenters. The van der Waals surface area contributed by atoms with Gasteiger partial charge in [-0.1, -0.05) is 12.7 Å². The van der Waals surface area contributed by atoms with E-state index < -0.39 is 0 Å². The van der Waals surface area contributed by atoms with Crippen molar-refractivity contribution in [2.24, 2.45) is 0 Å². The molecule has 0 unspecified atom stereocenters. The van der Waals surface area contributed by atoms with Gasteiger partial charge in [0, 0.05) is 0 Å². The van der Waals surface area contributed by atoms with Crippen molar-refractivity contribution in [3.05, 3.63) is 42.5 Å². The van der Waals surface area contributed by atoms with Crippen molar-refractivity contribution in [1.29, 1.82) is 0 Å². The van der Waals surface area contributed by atoms with Crippen LogP contribution in [-0.2, 0) is 4.74 Å². The highest BCUT2D eigenvalue weighted by molar-refractivity contribution is 5.89. The molecule has 1 saturated heterocycles. The third-order valence-electron chi connectivity index (χ3n) is 3.71. The summed E-state index contributed by atoms with van der Waals surface area (Å²) in [5.74, 6) is 0.464. The Bertz CT molecular complexity index is 450. The van der Waals surface area contributed by atoms with E-state index >= 15 is 0 Å². The molecule has 0 radical (unpaired) electrons. The number of piperidine rings is 1. The van der Waals surface area contributed by atoms with E-state index in [1.807, 2.05) is 0 Å². The van der Waals surface area contributed by atoms with Crippen LogP contribution in [0, 0.1) is 0 Å². The van der Waals surface area contributed by atoms with Crippen molar-refractivity contribution in [2.45, 2.75) is 19.3 Å². The lowest BCUT2D eigenvalue weighted by Crippen LogP contribution is -3.13. The summed E-state index contributed by atoms with van der Waals surface area (Å²) in [5.41, 5.74) is 0.564. The minimum Gasteiger partial charge on any atom is -0.490 e. The second-order valence-corrected chi connectivity index (χ2v) is 5.32. The molecule has 2 rings (SSSR count). The lowest BCUT2D eigenvalue weighted by atomic mass is 10.1. The number of quaternary nitrogens is 1. The van der Waals surface area contributed by atoms with Crippen LogP contribution in [0.1, 0.15) is 29.6 Å². The van der Waals surface area contributed by atoms with E-state index in [9.17, 15) is 4.79 Å². The first kappa shape index (κ1) is 15.6. The fourth-order valence-electron chi connectivity index (χ4n) is 2.52. The van der Waals surface area contributed by atoms with E-state index in [1.165, 1.54) is 32.4 Å². The highest BCUT2D eigenvalue weighted by Crippen LogP contribution is 2.12. The van der Waals surface area contributed by atoms with Gasteiger partial charge in [0.1, 0.15) is 25.5 Å². The van der Waals surface area contributed by atoms with Crippen LogP contribution in [0.5, 0.6) is 5.75 Å². The number of esters is 1. The second-order valence-electron chi connectivity index (χ2n) is 5.32. The normalized spacial score (nSPS) is 15.4. The maximum atomic E-state index is 11.9. The number of nitrogens with one attached hydrogen (secondary N) is 1. The molecule has 0 spiro atoms. The molecular formula is C17H24NO3+. The van der Waals surface area contributed by atoms with E-state index in [1.54, 1.807) is 35.2 Å². The molecule has 0 bridgehead atoms. The molecule has 1 N–H and O–H groups in total. The number of rotatable bonds is 7. The molecule has 114 valence electrons. The Hall–Kier alpha value is -1.81. The van der Waals surface area contributed by atoms with E-state index in [-0.39, 0.29) is 5.97 Å². The number of likely N-dealkylation sites (tertiary alicyclic amines) is 1. The fraction of sp³-hybridized carbons (Fsp3) is 0.471. The van der Waals surface area contributed by atoms with Gasteiger partial charge < -0.3 is 14.4 Å². The van der Waals surface area contributed by atoms with Gasteiger partial charge in [0.15, 0.2) is 0 Å². The molecule has 1 aromatic rings. The van der Waals surface area contributed by atoms with Crippen LogP contribution >= 0.6 is 0 Å². The summed E-state index contributed by atoms with van der Waals surface area (Å²) in [6.45, 7) is 7.85. The van der Waals surface area contributed by atoms with Crippen molar-refractivity contribution in [3.8, 4) is 5.75 Å². The summed E-state index contributed by atoms with van der Waals surface area (Å²) in [5, 5.41) is 0. The van der Waals surface area contributed by atoms with Crippen molar-refractivity contribution in [3.63, 3.8) is 0 Å². The first-order valence-corrected chi connectivity index (χ1v) is 7.64. The molecule has 21 heavy (non-hydrogen) atoms. The number of carbonyl (C=O) groups excluding carboxylic acids is 1. The van der Waals surface area contributed by atoms with Gasteiger partial charge in [0.2, 0.25) is 0 Å². The third-order valence-corrected chi connectivity index (χ3v) is 3.71. The lowest BCUT2D eigenvalue weighted by Gasteiger charge is -2.23. The number of hydrogen-bond donors (Lipinski definition) is 1. The third kappa shape index (κ3) is 5.23. The maximum Gasteiger partial charge on any atom is 0.338 e. The first-order valence-electron chi connectivity index (χ1n) is 7.64. The molecule has 0 amide bonds. The van der Waals surface area contributed by atoms with Gasteiger partial charge in [-0.05, 0) is 43.5 Å². The van der Waals surface area contributed by atoms with Crippen LogP contribution in [0.25, 0.3) is 0 Å². The highest BCUT2D eigenvalue weighted by atomic mass is 16.5. The average molecular weight is 290 g/mol. The topological polar surface area (TPSA) is 40.0 Å². The minimum absolute atomic E-state index is 0.262. The fourth-order valence-corrected chi connectivity index (χ4v) is 2.52. The van der Waals surface area contributed by atoms with Gasteiger partial charge in [-0.25, -0.2) is 4.79 Å². The van der Waals surface area contributed by atoms with Gasteiger partial charge >= 0.3 is 5.97 Å². The van der Waals surface area contributed by atoms with Gasteiger partial charge in [-0.2, -0.15) is 0 Å². The Kier molecular flexibility index (Phi) is 6.28. The van der Waals surface area contributed by atoms with Gasteiger partial charge in [-0.3, -0.25) is 0 Å². The smallest absolute Gasteiger partial charge is 0.338 e. The Morgan fingerprint density at radius 1 is 1.19 bits per heavy atom. The van der Waals surface area contributed by atoms with E-state index in [4.69, 9.17) is 9.47 Å². The van der Waals surface area contributed by atoms with Crippen molar-refractivity contribution in [2.75, 3.05) is 32.8 Å². The summed E-state index contributed by atoms with van der Waals surface area (Å²) >= 11 is 0. The monoisotopic (exact) mass is 290 g/mol. The standard InChI is InChI=1S/C17H23NO3/c1-2-13-20-16-8-6-15(7-9-16)17(19)21-14-12-18-10-4-3-5-11-18/h2,6-9H,1,3-5,10-14H2/p+1. The molecule has 1 aliphatic rings. The minimum atomic E-state index is -0.262. The van der Waals surface area contributed by atoms with Gasteiger partial charge in [-0.15, -0.1) is 0 Å². The largest absolute Gasteiger partial charge is 0.490 e. The molecule has 1 aromatic carbocycles. The van der Waals surface area contributed by atoms with Crippen LogP contribution in [0.3, 0.4) is 0 Å². The van der Waals surface area contributed by atoms with Crippen LogP contribution in [0.15, 0.2) is 36.9 Å². The van der Waals surface area contributed by atoms with E-state index in [2.05, 4.69) is 6.58 Å². The zero-order valence-corrected chi connectivity index (χ0v) is 12.5. The summed E-state index contributed by atoms with van der Waals surface area (Å²) in [6, 6.07) is 7.01. The Balaban J connectivity index is 1.73. The molecule has 4 heteroatoms. The highest BCUT2D eigenvalue weighted by Gasteiger charge is 2.14.